The third-order valence-corrected chi connectivity index (χ3v) is 6.58. The third kappa shape index (κ3) is 4.21. The van der Waals surface area contributed by atoms with Crippen LogP contribution in [0.1, 0.15) is 24.0 Å². The number of para-hydroxylation sites is 1. The Balaban J connectivity index is 1.56. The molecule has 1 fully saturated rings. The highest BCUT2D eigenvalue weighted by Gasteiger charge is 2.41. The van der Waals surface area contributed by atoms with Gasteiger partial charge in [0.05, 0.1) is 5.69 Å². The average molecular weight is 424 g/mol. The van der Waals surface area contributed by atoms with E-state index in [-0.39, 0.29) is 24.3 Å². The van der Waals surface area contributed by atoms with Crippen LogP contribution >= 0.6 is 11.8 Å². The van der Waals surface area contributed by atoms with E-state index in [1.807, 2.05) is 56.3 Å². The number of hydrogen-bond donors (Lipinski definition) is 1. The zero-order valence-corrected chi connectivity index (χ0v) is 18.0. The first kappa shape index (κ1) is 20.5. The number of hydrogen-bond acceptors (Lipinski definition) is 4. The Morgan fingerprint density at radius 2 is 1.73 bits per heavy atom. The Bertz CT molecular complexity index is 981. The number of amides is 3. The number of fused-ring (bicyclic) bond motifs is 1. The zero-order chi connectivity index (χ0) is 21.3. The van der Waals surface area contributed by atoms with E-state index < -0.39 is 5.25 Å². The summed E-state index contributed by atoms with van der Waals surface area (Å²) in [6.07, 6.45) is 1.94. The Labute approximate surface area is 180 Å². The fourth-order valence-electron chi connectivity index (χ4n) is 4.03. The van der Waals surface area contributed by atoms with E-state index in [0.717, 1.165) is 28.9 Å². The van der Waals surface area contributed by atoms with Gasteiger partial charge in [0, 0.05) is 23.7 Å². The first-order valence-corrected chi connectivity index (χ1v) is 11.0. The number of thioether (sulfide) groups is 1. The lowest BCUT2D eigenvalue weighted by atomic mass is 10.1. The van der Waals surface area contributed by atoms with Crippen molar-refractivity contribution in [2.75, 3.05) is 29.9 Å². The van der Waals surface area contributed by atoms with Crippen LogP contribution in [0.4, 0.5) is 11.4 Å². The molecule has 0 saturated carbocycles. The van der Waals surface area contributed by atoms with E-state index in [4.69, 9.17) is 0 Å². The smallest absolute Gasteiger partial charge is 0.250 e. The van der Waals surface area contributed by atoms with Gasteiger partial charge in [0.25, 0.3) is 5.91 Å². The lowest BCUT2D eigenvalue weighted by Gasteiger charge is -2.34. The maximum Gasteiger partial charge on any atom is 0.250 e. The monoisotopic (exact) mass is 423 g/mol. The van der Waals surface area contributed by atoms with Gasteiger partial charge >= 0.3 is 0 Å². The lowest BCUT2D eigenvalue weighted by molar-refractivity contribution is -0.134. The highest BCUT2D eigenvalue weighted by molar-refractivity contribution is 8.01. The summed E-state index contributed by atoms with van der Waals surface area (Å²) in [5.74, 6) is -0.773. The molecule has 7 heteroatoms. The molecule has 0 aromatic heterocycles. The summed E-state index contributed by atoms with van der Waals surface area (Å²) in [5, 5.41) is 2.05. The number of carbonyl (C=O) groups excluding carboxylic acids is 3. The van der Waals surface area contributed by atoms with E-state index >= 15 is 0 Å². The van der Waals surface area contributed by atoms with Crippen LogP contribution in [-0.4, -0.2) is 47.5 Å². The summed E-state index contributed by atoms with van der Waals surface area (Å²) < 4.78 is 0. The van der Waals surface area contributed by atoms with Crippen LogP contribution in [0.2, 0.25) is 0 Å². The van der Waals surface area contributed by atoms with Crippen LogP contribution < -0.4 is 10.2 Å². The SMILES string of the molecule is Cc1cc(C)cc(NC(=O)CN2C(=O)C(C(=O)N3CCCC3)Sc3ccccc32)c1. The Hall–Kier alpha value is -2.80. The van der Waals surface area contributed by atoms with Gasteiger partial charge in [-0.05, 0) is 62.1 Å². The minimum atomic E-state index is -0.841. The van der Waals surface area contributed by atoms with E-state index in [0.29, 0.717) is 24.5 Å². The van der Waals surface area contributed by atoms with Crippen molar-refractivity contribution < 1.29 is 14.4 Å². The van der Waals surface area contributed by atoms with Gasteiger partial charge in [-0.2, -0.15) is 0 Å². The summed E-state index contributed by atoms with van der Waals surface area (Å²) in [6, 6.07) is 13.3. The standard InChI is InChI=1S/C23H25N3O3S/c1-15-11-16(2)13-17(12-15)24-20(27)14-26-18-7-3-4-8-19(18)30-21(23(26)29)22(28)25-9-5-6-10-25/h3-4,7-8,11-13,21H,5-6,9-10,14H2,1-2H3,(H,24,27). The first-order valence-electron chi connectivity index (χ1n) is 10.2. The van der Waals surface area contributed by atoms with Gasteiger partial charge in [0.15, 0.2) is 5.25 Å². The largest absolute Gasteiger partial charge is 0.341 e. The number of carbonyl (C=O) groups is 3. The highest BCUT2D eigenvalue weighted by Crippen LogP contribution is 2.40. The van der Waals surface area contributed by atoms with Crippen molar-refractivity contribution in [3.63, 3.8) is 0 Å². The number of likely N-dealkylation sites (tertiary alicyclic amines) is 1. The maximum atomic E-state index is 13.3. The fraction of sp³-hybridized carbons (Fsp3) is 0.348. The molecule has 1 atom stereocenters. The second kappa shape index (κ2) is 8.52. The fourth-order valence-corrected chi connectivity index (χ4v) is 5.22. The van der Waals surface area contributed by atoms with Crippen LogP contribution in [0, 0.1) is 13.8 Å². The van der Waals surface area contributed by atoms with Gasteiger partial charge in [-0.3, -0.25) is 14.4 Å². The van der Waals surface area contributed by atoms with Gasteiger partial charge in [-0.25, -0.2) is 0 Å². The Morgan fingerprint density at radius 1 is 1.07 bits per heavy atom. The summed E-state index contributed by atoms with van der Waals surface area (Å²) in [5.41, 5.74) is 3.48. The average Bonchev–Trinajstić information content (AvgIpc) is 3.23. The van der Waals surface area contributed by atoms with E-state index in [2.05, 4.69) is 5.32 Å². The third-order valence-electron chi connectivity index (χ3n) is 5.34. The van der Waals surface area contributed by atoms with E-state index in [9.17, 15) is 14.4 Å². The second-order valence-electron chi connectivity index (χ2n) is 7.85. The Morgan fingerprint density at radius 3 is 2.43 bits per heavy atom. The quantitative estimate of drug-likeness (QED) is 0.766. The molecular formula is C23H25N3O3S. The topological polar surface area (TPSA) is 69.7 Å². The molecule has 0 aliphatic carbocycles. The molecule has 2 aliphatic heterocycles. The van der Waals surface area contributed by atoms with Crippen molar-refractivity contribution in [3.05, 3.63) is 53.6 Å². The molecule has 0 bridgehead atoms. The Kier molecular flexibility index (Phi) is 5.81. The van der Waals surface area contributed by atoms with Crippen molar-refractivity contribution in [2.45, 2.75) is 36.8 Å². The van der Waals surface area contributed by atoms with Crippen LogP contribution in [-0.2, 0) is 14.4 Å². The van der Waals surface area contributed by atoms with Crippen LogP contribution in [0.25, 0.3) is 0 Å². The van der Waals surface area contributed by atoms with Gasteiger partial charge < -0.3 is 15.1 Å². The number of nitrogens with zero attached hydrogens (tertiary/aromatic N) is 2. The number of aryl methyl sites for hydroxylation is 2. The minimum absolute atomic E-state index is 0.132. The van der Waals surface area contributed by atoms with Crippen LogP contribution in [0.5, 0.6) is 0 Å². The van der Waals surface area contributed by atoms with Crippen molar-refractivity contribution >= 4 is 40.9 Å². The minimum Gasteiger partial charge on any atom is -0.341 e. The van der Waals surface area contributed by atoms with Crippen molar-refractivity contribution in [1.82, 2.24) is 4.90 Å². The van der Waals surface area contributed by atoms with Crippen LogP contribution in [0.15, 0.2) is 47.4 Å². The number of anilines is 2. The molecule has 156 valence electrons. The molecule has 2 aromatic rings. The zero-order valence-electron chi connectivity index (χ0n) is 17.2. The van der Waals surface area contributed by atoms with Gasteiger partial charge in [0.1, 0.15) is 6.54 Å². The molecule has 3 amide bonds. The second-order valence-corrected chi connectivity index (χ2v) is 8.99. The van der Waals surface area contributed by atoms with Crippen molar-refractivity contribution in [1.29, 1.82) is 0 Å². The first-order chi connectivity index (χ1) is 14.4. The van der Waals surface area contributed by atoms with Gasteiger partial charge in [-0.15, -0.1) is 11.8 Å². The number of nitrogens with one attached hydrogen (secondary N) is 1. The normalized spacial score (nSPS) is 18.3. The molecule has 1 unspecified atom stereocenters. The molecule has 0 spiro atoms. The van der Waals surface area contributed by atoms with Crippen molar-refractivity contribution in [3.8, 4) is 0 Å². The molecule has 6 nitrogen and oxygen atoms in total. The van der Waals surface area contributed by atoms with Gasteiger partial charge in [-0.1, -0.05) is 18.2 Å². The molecular weight excluding hydrogens is 398 g/mol. The predicted octanol–water partition coefficient (Wildman–Crippen LogP) is 3.37. The summed E-state index contributed by atoms with van der Waals surface area (Å²) >= 11 is 1.28. The molecule has 2 heterocycles. The highest BCUT2D eigenvalue weighted by atomic mass is 32.2. The summed E-state index contributed by atoms with van der Waals surface area (Å²) in [4.78, 5) is 43.1. The maximum absolute atomic E-state index is 13.3. The van der Waals surface area contributed by atoms with Crippen molar-refractivity contribution in [2.24, 2.45) is 0 Å². The molecule has 2 aromatic carbocycles. The lowest BCUT2D eigenvalue weighted by Crippen LogP contribution is -2.51. The number of benzene rings is 2. The van der Waals surface area contributed by atoms with Gasteiger partial charge in [0.2, 0.25) is 11.8 Å². The summed E-state index contributed by atoms with van der Waals surface area (Å²) in [7, 11) is 0. The van der Waals surface area contributed by atoms with Crippen LogP contribution in [0.3, 0.4) is 0 Å². The molecule has 0 radical (unpaired) electrons. The molecule has 1 saturated heterocycles. The summed E-state index contributed by atoms with van der Waals surface area (Å²) in [6.45, 7) is 5.20. The molecule has 30 heavy (non-hydrogen) atoms. The molecule has 1 N–H and O–H groups in total. The molecule has 4 rings (SSSR count). The predicted molar refractivity (Wildman–Crippen MR) is 119 cm³/mol. The molecule has 2 aliphatic rings. The number of rotatable bonds is 4. The van der Waals surface area contributed by atoms with E-state index in [1.54, 1.807) is 4.90 Å². The van der Waals surface area contributed by atoms with E-state index in [1.165, 1.54) is 16.7 Å².